The number of rotatable bonds is 5. The van der Waals surface area contributed by atoms with Crippen molar-refractivity contribution in [3.8, 4) is 44.9 Å². The number of benzene rings is 9. The Morgan fingerprint density at radius 1 is 0.391 bits per heavy atom. The van der Waals surface area contributed by atoms with Gasteiger partial charge in [-0.15, -0.1) is 22.7 Å². The second-order valence-electron chi connectivity index (χ2n) is 18.5. The van der Waals surface area contributed by atoms with Crippen molar-refractivity contribution in [2.45, 2.75) is 38.5 Å². The lowest BCUT2D eigenvalue weighted by Crippen LogP contribution is -2.24. The Morgan fingerprint density at radius 3 is 1.80 bits per heavy atom. The van der Waals surface area contributed by atoms with Gasteiger partial charge in [0.05, 0.1) is 0 Å². The molecule has 2 aromatic heterocycles. The van der Waals surface area contributed by atoms with Gasteiger partial charge >= 0.3 is 0 Å². The average molecular weight is 858 g/mol. The number of hydrogen-bond acceptors (Lipinski definition) is 4. The number of thiophene rings is 2. The van der Waals surface area contributed by atoms with Gasteiger partial charge < -0.3 is 9.64 Å². The summed E-state index contributed by atoms with van der Waals surface area (Å²) < 4.78 is 12.1. The molecule has 0 radical (unpaired) electrons. The zero-order valence-corrected chi connectivity index (χ0v) is 37.7. The Bertz CT molecular complexity index is 3700. The van der Waals surface area contributed by atoms with Crippen molar-refractivity contribution in [3.63, 3.8) is 0 Å². The van der Waals surface area contributed by atoms with E-state index < -0.39 is 0 Å². The van der Waals surface area contributed by atoms with Crippen molar-refractivity contribution in [1.29, 1.82) is 0 Å². The van der Waals surface area contributed by atoms with Crippen LogP contribution in [0, 0.1) is 0 Å². The summed E-state index contributed by atoms with van der Waals surface area (Å²) >= 11 is 3.72. The molecule has 306 valence electrons. The van der Waals surface area contributed by atoms with Gasteiger partial charge in [-0.25, -0.2) is 0 Å². The lowest BCUT2D eigenvalue weighted by atomic mass is 9.74. The summed E-state index contributed by atoms with van der Waals surface area (Å²) in [6.45, 7) is 9.39. The van der Waals surface area contributed by atoms with E-state index in [4.69, 9.17) is 4.74 Å². The maximum absolute atomic E-state index is 6.87. The lowest BCUT2D eigenvalue weighted by molar-refractivity contribution is 0.423. The minimum absolute atomic E-state index is 0.113. The van der Waals surface area contributed by atoms with E-state index in [0.717, 1.165) is 28.6 Å². The number of hydrogen-bond donors (Lipinski definition) is 0. The van der Waals surface area contributed by atoms with E-state index in [1.165, 1.54) is 96.0 Å². The first-order valence-electron chi connectivity index (χ1n) is 22.2. The van der Waals surface area contributed by atoms with Crippen LogP contribution in [0.1, 0.15) is 49.9 Å². The van der Waals surface area contributed by atoms with Gasteiger partial charge in [0, 0.05) is 79.4 Å². The second-order valence-corrected chi connectivity index (χ2v) is 20.6. The molecular weight excluding hydrogens is 815 g/mol. The van der Waals surface area contributed by atoms with Crippen molar-refractivity contribution >= 4 is 80.1 Å². The van der Waals surface area contributed by atoms with Crippen LogP contribution >= 0.6 is 22.7 Å². The molecular formula is C60H43NOS2. The fourth-order valence-electron chi connectivity index (χ4n) is 10.8. The van der Waals surface area contributed by atoms with E-state index in [9.17, 15) is 0 Å². The quantitative estimate of drug-likeness (QED) is 0.171. The molecule has 0 saturated heterocycles. The third-order valence-electron chi connectivity index (χ3n) is 14.2. The Hall–Kier alpha value is -6.98. The first-order chi connectivity index (χ1) is 31.2. The van der Waals surface area contributed by atoms with Crippen LogP contribution in [-0.4, -0.2) is 0 Å². The molecule has 4 heteroatoms. The van der Waals surface area contributed by atoms with Gasteiger partial charge in [-0.1, -0.05) is 149 Å². The summed E-state index contributed by atoms with van der Waals surface area (Å²) in [7, 11) is 0. The predicted octanol–water partition coefficient (Wildman–Crippen LogP) is 18.0. The fraction of sp³-hybridized carbons (Fsp3) is 0.100. The van der Waals surface area contributed by atoms with Crippen LogP contribution in [0.15, 0.2) is 188 Å². The SMILES string of the molecule is CC1(C)c2ccccc2-c2ccc(N(c3ccc(-c4ccc5c(c4)C(C)(C)c4ccc6sc7ccccc7c6c4O5)cc3)c3ccc(-c4cccc5c4sc4ccccc45)cc3)cc21. The summed E-state index contributed by atoms with van der Waals surface area (Å²) in [5, 5.41) is 5.13. The first kappa shape index (κ1) is 37.6. The molecule has 9 aromatic carbocycles. The summed E-state index contributed by atoms with van der Waals surface area (Å²) in [4.78, 5) is 2.42. The molecule has 0 unspecified atom stereocenters. The number of ether oxygens (including phenoxy) is 1. The van der Waals surface area contributed by atoms with Crippen molar-refractivity contribution in [3.05, 3.63) is 210 Å². The topological polar surface area (TPSA) is 12.5 Å². The Kier molecular flexibility index (Phi) is 8.08. The third kappa shape index (κ3) is 5.49. The zero-order chi connectivity index (χ0) is 42.9. The van der Waals surface area contributed by atoms with Gasteiger partial charge in [-0.05, 0) is 111 Å². The molecule has 2 nitrogen and oxygen atoms in total. The van der Waals surface area contributed by atoms with Crippen LogP contribution in [0.4, 0.5) is 17.1 Å². The first-order valence-corrected chi connectivity index (χ1v) is 23.8. The highest BCUT2D eigenvalue weighted by Gasteiger charge is 2.37. The molecule has 11 aromatic rings. The van der Waals surface area contributed by atoms with E-state index in [1.807, 2.05) is 22.7 Å². The summed E-state index contributed by atoms with van der Waals surface area (Å²) in [5.74, 6) is 1.93. The normalized spacial score (nSPS) is 14.3. The molecule has 1 aliphatic carbocycles. The van der Waals surface area contributed by atoms with E-state index in [-0.39, 0.29) is 10.8 Å². The van der Waals surface area contributed by atoms with Gasteiger partial charge in [0.25, 0.3) is 0 Å². The minimum atomic E-state index is -0.247. The molecule has 0 atom stereocenters. The van der Waals surface area contributed by atoms with Crippen LogP contribution in [-0.2, 0) is 10.8 Å². The molecule has 3 heterocycles. The molecule has 2 aliphatic rings. The lowest BCUT2D eigenvalue weighted by Gasteiger charge is -2.35. The highest BCUT2D eigenvalue weighted by molar-refractivity contribution is 7.26. The average Bonchev–Trinajstić information content (AvgIpc) is 3.97. The van der Waals surface area contributed by atoms with E-state index in [0.29, 0.717) is 0 Å². The van der Waals surface area contributed by atoms with Gasteiger partial charge in [-0.3, -0.25) is 0 Å². The molecule has 0 N–H and O–H groups in total. The smallest absolute Gasteiger partial charge is 0.140 e. The van der Waals surface area contributed by atoms with Crippen LogP contribution in [0.5, 0.6) is 11.5 Å². The van der Waals surface area contributed by atoms with Crippen LogP contribution in [0.3, 0.4) is 0 Å². The van der Waals surface area contributed by atoms with E-state index >= 15 is 0 Å². The predicted molar refractivity (Wildman–Crippen MR) is 274 cm³/mol. The van der Waals surface area contributed by atoms with Crippen LogP contribution in [0.2, 0.25) is 0 Å². The molecule has 0 fully saturated rings. The maximum atomic E-state index is 6.87. The van der Waals surface area contributed by atoms with Gasteiger partial charge in [-0.2, -0.15) is 0 Å². The Morgan fingerprint density at radius 2 is 1.00 bits per heavy atom. The maximum Gasteiger partial charge on any atom is 0.140 e. The highest BCUT2D eigenvalue weighted by atomic mass is 32.1. The van der Waals surface area contributed by atoms with Crippen molar-refractivity contribution in [1.82, 2.24) is 0 Å². The monoisotopic (exact) mass is 857 g/mol. The zero-order valence-electron chi connectivity index (χ0n) is 36.1. The number of anilines is 3. The molecule has 64 heavy (non-hydrogen) atoms. The van der Waals surface area contributed by atoms with Gasteiger partial charge in [0.2, 0.25) is 0 Å². The number of fused-ring (bicyclic) bond motifs is 12. The Balaban J connectivity index is 0.890. The second kappa shape index (κ2) is 13.8. The van der Waals surface area contributed by atoms with Gasteiger partial charge in [0.15, 0.2) is 0 Å². The molecule has 0 saturated carbocycles. The van der Waals surface area contributed by atoms with Crippen molar-refractivity contribution < 1.29 is 4.74 Å². The fourth-order valence-corrected chi connectivity index (χ4v) is 13.1. The van der Waals surface area contributed by atoms with E-state index in [1.54, 1.807) is 0 Å². The van der Waals surface area contributed by atoms with Crippen LogP contribution in [0.25, 0.3) is 73.7 Å². The van der Waals surface area contributed by atoms with E-state index in [2.05, 4.69) is 221 Å². The largest absolute Gasteiger partial charge is 0.456 e. The van der Waals surface area contributed by atoms with Crippen LogP contribution < -0.4 is 9.64 Å². The molecule has 1 aliphatic heterocycles. The Labute approximate surface area is 381 Å². The number of nitrogens with zero attached hydrogens (tertiary/aromatic N) is 1. The summed E-state index contributed by atoms with van der Waals surface area (Å²) in [5.41, 5.74) is 15.7. The molecule has 0 bridgehead atoms. The molecule has 13 rings (SSSR count). The highest BCUT2D eigenvalue weighted by Crippen LogP contribution is 2.54. The molecule has 0 spiro atoms. The minimum Gasteiger partial charge on any atom is -0.456 e. The summed E-state index contributed by atoms with van der Waals surface area (Å²) in [6.07, 6.45) is 0. The van der Waals surface area contributed by atoms with Crippen molar-refractivity contribution in [2.75, 3.05) is 4.90 Å². The summed E-state index contributed by atoms with van der Waals surface area (Å²) in [6, 6.07) is 69.7. The van der Waals surface area contributed by atoms with Gasteiger partial charge in [0.1, 0.15) is 11.5 Å². The standard InChI is InChI=1S/C60H43NOS2/c1-59(2)48-17-8-5-12-43(48)44-30-29-41(35-50(44)59)61(40-27-22-37(23-28-40)42-15-11-16-46-45-13-6-9-18-53(45)64-58(42)46)39-25-20-36(21-26-39)38-24-32-52-51(34-38)60(3,4)49-31-33-55-56(57(49)62-52)47-14-7-10-19-54(47)63-55/h5-35H,1-4H3. The third-order valence-corrected chi connectivity index (χ3v) is 16.5. The molecule has 0 amide bonds. The van der Waals surface area contributed by atoms with Crippen molar-refractivity contribution in [2.24, 2.45) is 0 Å².